The second kappa shape index (κ2) is 7.84. The number of pyridine rings is 1. The van der Waals surface area contributed by atoms with Gasteiger partial charge in [0.05, 0.1) is 4.90 Å². The summed E-state index contributed by atoms with van der Waals surface area (Å²) in [5.74, 6) is 0.491. The van der Waals surface area contributed by atoms with Crippen molar-refractivity contribution in [2.24, 2.45) is 5.73 Å². The maximum Gasteiger partial charge on any atom is 0.262 e. The molecule has 0 aliphatic heterocycles. The minimum Gasteiger partial charge on any atom is -0.437 e. The summed E-state index contributed by atoms with van der Waals surface area (Å²) >= 11 is 0. The fourth-order valence-corrected chi connectivity index (χ4v) is 3.99. The molecule has 8 heteroatoms. The maximum atomic E-state index is 12.9. The topological polar surface area (TPSA) is 118 Å². The number of rotatable bonds is 6. The van der Waals surface area contributed by atoms with E-state index in [0.29, 0.717) is 11.3 Å². The van der Waals surface area contributed by atoms with E-state index in [1.54, 1.807) is 54.6 Å². The van der Waals surface area contributed by atoms with Crippen molar-refractivity contribution in [1.29, 1.82) is 5.41 Å². The molecule has 0 spiro atoms. The third-order valence-electron chi connectivity index (χ3n) is 4.43. The lowest BCUT2D eigenvalue weighted by Crippen LogP contribution is -2.14. The van der Waals surface area contributed by atoms with E-state index in [0.717, 1.165) is 10.8 Å². The highest BCUT2D eigenvalue weighted by Crippen LogP contribution is 2.29. The molecule has 150 valence electrons. The Morgan fingerprint density at radius 2 is 1.67 bits per heavy atom. The molecule has 7 nitrogen and oxygen atoms in total. The van der Waals surface area contributed by atoms with Gasteiger partial charge < -0.3 is 10.5 Å². The predicted octanol–water partition coefficient (Wildman–Crippen LogP) is 4.11. The number of aromatic nitrogens is 1. The first kappa shape index (κ1) is 19.4. The molecule has 0 atom stereocenters. The van der Waals surface area contributed by atoms with E-state index >= 15 is 0 Å². The first-order valence-electron chi connectivity index (χ1n) is 9.01. The molecule has 0 amide bonds. The van der Waals surface area contributed by atoms with Crippen LogP contribution >= 0.6 is 0 Å². The minimum absolute atomic E-state index is 0.0526. The van der Waals surface area contributed by atoms with Gasteiger partial charge in [0.2, 0.25) is 5.88 Å². The van der Waals surface area contributed by atoms with Crippen LogP contribution in [0.25, 0.3) is 10.8 Å². The maximum absolute atomic E-state index is 12.9. The first-order chi connectivity index (χ1) is 14.4. The Morgan fingerprint density at radius 1 is 0.933 bits per heavy atom. The number of hydrogen-bond donors (Lipinski definition) is 3. The van der Waals surface area contributed by atoms with Crippen LogP contribution in [0.3, 0.4) is 0 Å². The number of fused-ring (bicyclic) bond motifs is 1. The molecule has 0 unspecified atom stereocenters. The second-order valence-corrected chi connectivity index (χ2v) is 8.19. The molecule has 4 aromatic rings. The van der Waals surface area contributed by atoms with Gasteiger partial charge in [0, 0.05) is 11.8 Å². The van der Waals surface area contributed by atoms with Crippen molar-refractivity contribution in [3.63, 3.8) is 0 Å². The van der Waals surface area contributed by atoms with E-state index in [-0.39, 0.29) is 22.3 Å². The van der Waals surface area contributed by atoms with Crippen molar-refractivity contribution in [3.8, 4) is 11.6 Å². The molecule has 0 bridgehead atoms. The van der Waals surface area contributed by atoms with E-state index in [4.69, 9.17) is 15.9 Å². The summed E-state index contributed by atoms with van der Waals surface area (Å²) in [6.07, 6.45) is 1.51. The van der Waals surface area contributed by atoms with E-state index < -0.39 is 10.0 Å². The lowest BCUT2D eigenvalue weighted by Gasteiger charge is -2.13. The largest absolute Gasteiger partial charge is 0.437 e. The van der Waals surface area contributed by atoms with Crippen molar-refractivity contribution in [2.75, 3.05) is 4.72 Å². The highest BCUT2D eigenvalue weighted by molar-refractivity contribution is 7.92. The summed E-state index contributed by atoms with van der Waals surface area (Å²) in [5, 5.41) is 9.22. The van der Waals surface area contributed by atoms with Crippen LogP contribution in [-0.2, 0) is 10.0 Å². The summed E-state index contributed by atoms with van der Waals surface area (Å²) < 4.78 is 34.2. The number of hydrogen-bond acceptors (Lipinski definition) is 5. The van der Waals surface area contributed by atoms with Crippen molar-refractivity contribution in [2.45, 2.75) is 4.90 Å². The molecule has 1 aromatic heterocycles. The zero-order valence-electron chi connectivity index (χ0n) is 15.7. The summed E-state index contributed by atoms with van der Waals surface area (Å²) in [7, 11) is -3.85. The lowest BCUT2D eigenvalue weighted by molar-refractivity contribution is 0.465. The standard InChI is InChI=1S/C22H18N4O3S/c23-21(24)16-7-10-18(11-8-16)29-22-20(6-3-13-25-22)26-30(27,28)19-12-9-15-4-1-2-5-17(15)14-19/h1-14,26H,(H3,23,24). The Kier molecular flexibility index (Phi) is 5.07. The number of nitrogens with zero attached hydrogens (tertiary/aromatic N) is 1. The number of anilines is 1. The van der Waals surface area contributed by atoms with Crippen molar-refractivity contribution in [1.82, 2.24) is 4.98 Å². The van der Waals surface area contributed by atoms with Crippen molar-refractivity contribution < 1.29 is 13.2 Å². The first-order valence-corrected chi connectivity index (χ1v) is 10.5. The van der Waals surface area contributed by atoms with E-state index in [9.17, 15) is 8.42 Å². The molecule has 4 rings (SSSR count). The molecule has 0 saturated carbocycles. The number of ether oxygens (including phenoxy) is 1. The molecule has 0 saturated heterocycles. The molecule has 4 N–H and O–H groups in total. The third kappa shape index (κ3) is 4.08. The van der Waals surface area contributed by atoms with Gasteiger partial charge in [0.25, 0.3) is 10.0 Å². The molecule has 0 aliphatic carbocycles. The average Bonchev–Trinajstić information content (AvgIpc) is 2.75. The molecule has 0 radical (unpaired) electrons. The van der Waals surface area contributed by atoms with Crippen LogP contribution in [0.1, 0.15) is 5.56 Å². The SMILES string of the molecule is N=C(N)c1ccc(Oc2ncccc2NS(=O)(=O)c2ccc3ccccc3c2)cc1. The number of nitrogens with one attached hydrogen (secondary N) is 2. The normalized spacial score (nSPS) is 11.2. The number of benzene rings is 3. The summed E-state index contributed by atoms with van der Waals surface area (Å²) in [6.45, 7) is 0. The van der Waals surface area contributed by atoms with Gasteiger partial charge in [-0.25, -0.2) is 13.4 Å². The van der Waals surface area contributed by atoms with Gasteiger partial charge in [-0.1, -0.05) is 30.3 Å². The molecule has 0 aliphatic rings. The molecule has 1 heterocycles. The summed E-state index contributed by atoms with van der Waals surface area (Å²) in [4.78, 5) is 4.28. The second-order valence-electron chi connectivity index (χ2n) is 6.51. The Bertz CT molecular complexity index is 1340. The van der Waals surface area contributed by atoms with Crippen LogP contribution in [0.2, 0.25) is 0 Å². The Morgan fingerprint density at radius 3 is 2.40 bits per heavy atom. The van der Waals surface area contributed by atoms with Crippen LogP contribution in [0.5, 0.6) is 11.6 Å². The van der Waals surface area contributed by atoms with Crippen LogP contribution in [-0.4, -0.2) is 19.2 Å². The summed E-state index contributed by atoms with van der Waals surface area (Å²) in [5.41, 5.74) is 6.22. The molecular weight excluding hydrogens is 400 g/mol. The number of nitrogen functional groups attached to an aromatic ring is 1. The highest BCUT2D eigenvalue weighted by Gasteiger charge is 2.18. The Labute approximate surface area is 173 Å². The number of sulfonamides is 1. The molecule has 0 fully saturated rings. The minimum atomic E-state index is -3.85. The van der Waals surface area contributed by atoms with Crippen LogP contribution in [0, 0.1) is 5.41 Å². The van der Waals surface area contributed by atoms with E-state index in [2.05, 4.69) is 9.71 Å². The van der Waals surface area contributed by atoms with Crippen molar-refractivity contribution in [3.05, 3.63) is 90.6 Å². The molecule has 3 aromatic carbocycles. The van der Waals surface area contributed by atoms with Gasteiger partial charge in [0.15, 0.2) is 0 Å². The fourth-order valence-electron chi connectivity index (χ4n) is 2.90. The molecule has 30 heavy (non-hydrogen) atoms. The Hall–Kier alpha value is -3.91. The average molecular weight is 418 g/mol. The van der Waals surface area contributed by atoms with Gasteiger partial charge in [-0.05, 0) is 59.3 Å². The Balaban J connectivity index is 1.62. The van der Waals surface area contributed by atoms with Gasteiger partial charge in [-0.15, -0.1) is 0 Å². The monoisotopic (exact) mass is 418 g/mol. The third-order valence-corrected chi connectivity index (χ3v) is 5.79. The number of amidine groups is 1. The summed E-state index contributed by atoms with van der Waals surface area (Å²) in [6, 6.07) is 22.2. The van der Waals surface area contributed by atoms with Gasteiger partial charge in [-0.2, -0.15) is 0 Å². The number of nitrogens with two attached hydrogens (primary N) is 1. The zero-order chi connectivity index (χ0) is 21.1. The smallest absolute Gasteiger partial charge is 0.262 e. The van der Waals surface area contributed by atoms with Crippen LogP contribution < -0.4 is 15.2 Å². The highest BCUT2D eigenvalue weighted by atomic mass is 32.2. The van der Waals surface area contributed by atoms with Crippen LogP contribution in [0.15, 0.2) is 90.0 Å². The van der Waals surface area contributed by atoms with Gasteiger partial charge >= 0.3 is 0 Å². The van der Waals surface area contributed by atoms with Gasteiger partial charge in [-0.3, -0.25) is 10.1 Å². The lowest BCUT2D eigenvalue weighted by atomic mass is 10.1. The van der Waals surface area contributed by atoms with E-state index in [1.807, 2.05) is 24.3 Å². The fraction of sp³-hybridized carbons (Fsp3) is 0. The molecular formula is C22H18N4O3S. The van der Waals surface area contributed by atoms with E-state index in [1.165, 1.54) is 6.20 Å². The van der Waals surface area contributed by atoms with Crippen molar-refractivity contribution >= 4 is 32.3 Å². The quantitative estimate of drug-likeness (QED) is 0.322. The van der Waals surface area contributed by atoms with Crippen LogP contribution in [0.4, 0.5) is 5.69 Å². The predicted molar refractivity (Wildman–Crippen MR) is 117 cm³/mol. The zero-order valence-corrected chi connectivity index (χ0v) is 16.6. The van der Waals surface area contributed by atoms with Gasteiger partial charge in [0.1, 0.15) is 17.3 Å².